The van der Waals surface area contributed by atoms with E-state index in [0.717, 1.165) is 17.7 Å². The number of likely N-dealkylation sites (tertiary alicyclic amines) is 1. The fourth-order valence-corrected chi connectivity index (χ4v) is 3.93. The Balaban J connectivity index is 1.41. The summed E-state index contributed by atoms with van der Waals surface area (Å²) < 4.78 is 37.7. The van der Waals surface area contributed by atoms with Gasteiger partial charge in [0.25, 0.3) is 5.91 Å². The number of alkyl halides is 3. The number of rotatable bonds is 5. The number of halogens is 3. The highest BCUT2D eigenvalue weighted by Crippen LogP contribution is 2.29. The number of hydrogen-bond donors (Lipinski definition) is 1. The molecule has 0 unspecified atom stereocenters. The molecular formula is C20H21F3N2O2S. The summed E-state index contributed by atoms with van der Waals surface area (Å²) in [5.41, 5.74) is 0.0637. The second-order valence-electron chi connectivity index (χ2n) is 6.78. The highest BCUT2D eigenvalue weighted by atomic mass is 32.1. The topological polar surface area (TPSA) is 49.4 Å². The van der Waals surface area contributed by atoms with Gasteiger partial charge < -0.3 is 10.2 Å². The molecule has 0 radical (unpaired) electrons. The van der Waals surface area contributed by atoms with Crippen molar-refractivity contribution in [2.75, 3.05) is 19.6 Å². The van der Waals surface area contributed by atoms with E-state index >= 15 is 0 Å². The zero-order valence-electron chi connectivity index (χ0n) is 15.2. The van der Waals surface area contributed by atoms with E-state index < -0.39 is 11.7 Å². The molecule has 2 aromatic rings. The standard InChI is InChI=1S/C20H21F3N2O2S/c21-20(22,23)16-5-3-14(4-6-16)7-10-24-18(26)15-8-11-25(12-9-15)19(27)17-2-1-13-28-17/h1-6,13,15H,7-12H2,(H,24,26). The molecule has 1 aliphatic rings. The number of carbonyl (C=O) groups excluding carboxylic acids is 2. The van der Waals surface area contributed by atoms with Crippen LogP contribution in [0.25, 0.3) is 0 Å². The van der Waals surface area contributed by atoms with Gasteiger partial charge in [0.05, 0.1) is 10.4 Å². The molecule has 0 spiro atoms. The van der Waals surface area contributed by atoms with Crippen molar-refractivity contribution in [3.8, 4) is 0 Å². The lowest BCUT2D eigenvalue weighted by molar-refractivity contribution is -0.137. The minimum Gasteiger partial charge on any atom is -0.356 e. The van der Waals surface area contributed by atoms with Gasteiger partial charge in [0, 0.05) is 25.6 Å². The molecule has 28 heavy (non-hydrogen) atoms. The number of piperidine rings is 1. The minimum absolute atomic E-state index is 0.0103. The Morgan fingerprint density at radius 3 is 2.36 bits per heavy atom. The van der Waals surface area contributed by atoms with Crippen LogP contribution in [0.2, 0.25) is 0 Å². The molecule has 1 fully saturated rings. The molecule has 0 bridgehead atoms. The quantitative estimate of drug-likeness (QED) is 0.811. The first-order valence-electron chi connectivity index (χ1n) is 9.11. The van der Waals surface area contributed by atoms with Crippen LogP contribution in [-0.4, -0.2) is 36.3 Å². The molecule has 2 heterocycles. The molecule has 1 aromatic heterocycles. The van der Waals surface area contributed by atoms with Gasteiger partial charge in [-0.3, -0.25) is 9.59 Å². The van der Waals surface area contributed by atoms with Crippen LogP contribution in [0.4, 0.5) is 13.2 Å². The van der Waals surface area contributed by atoms with Gasteiger partial charge in [0.15, 0.2) is 0 Å². The van der Waals surface area contributed by atoms with E-state index in [1.165, 1.54) is 23.5 Å². The lowest BCUT2D eigenvalue weighted by atomic mass is 9.95. The number of carbonyl (C=O) groups is 2. The van der Waals surface area contributed by atoms with E-state index in [0.29, 0.717) is 43.8 Å². The first-order chi connectivity index (χ1) is 13.3. The van der Waals surface area contributed by atoms with Gasteiger partial charge in [-0.1, -0.05) is 18.2 Å². The van der Waals surface area contributed by atoms with Crippen molar-refractivity contribution in [3.05, 3.63) is 57.8 Å². The summed E-state index contributed by atoms with van der Waals surface area (Å²) in [7, 11) is 0. The molecule has 150 valence electrons. The molecule has 3 rings (SSSR count). The summed E-state index contributed by atoms with van der Waals surface area (Å²) in [6, 6.07) is 8.62. The van der Waals surface area contributed by atoms with Crippen molar-refractivity contribution < 1.29 is 22.8 Å². The number of hydrogen-bond acceptors (Lipinski definition) is 3. The van der Waals surface area contributed by atoms with E-state index in [2.05, 4.69) is 5.32 Å². The average Bonchev–Trinajstić information content (AvgIpc) is 3.22. The van der Waals surface area contributed by atoms with Crippen LogP contribution < -0.4 is 5.32 Å². The molecule has 4 nitrogen and oxygen atoms in total. The Labute approximate surface area is 165 Å². The van der Waals surface area contributed by atoms with Crippen LogP contribution in [0.5, 0.6) is 0 Å². The Morgan fingerprint density at radius 2 is 1.79 bits per heavy atom. The van der Waals surface area contributed by atoms with Crippen LogP contribution in [-0.2, 0) is 17.4 Å². The maximum absolute atomic E-state index is 12.6. The maximum Gasteiger partial charge on any atom is 0.416 e. The lowest BCUT2D eigenvalue weighted by Crippen LogP contribution is -2.43. The molecule has 8 heteroatoms. The second kappa shape index (κ2) is 8.77. The SMILES string of the molecule is O=C(NCCc1ccc(C(F)(F)F)cc1)C1CCN(C(=O)c2cccs2)CC1. The number of benzene rings is 1. The summed E-state index contributed by atoms with van der Waals surface area (Å²) in [5.74, 6) is -0.189. The van der Waals surface area contributed by atoms with E-state index in [1.54, 1.807) is 11.0 Å². The number of thiophene rings is 1. The first-order valence-corrected chi connectivity index (χ1v) is 9.99. The fourth-order valence-electron chi connectivity index (χ4n) is 3.24. The van der Waals surface area contributed by atoms with Crippen LogP contribution >= 0.6 is 11.3 Å². The molecule has 1 aliphatic heterocycles. The van der Waals surface area contributed by atoms with Gasteiger partial charge in [0.1, 0.15) is 0 Å². The van der Waals surface area contributed by atoms with E-state index in [4.69, 9.17) is 0 Å². The van der Waals surface area contributed by atoms with Crippen molar-refractivity contribution in [2.45, 2.75) is 25.4 Å². The van der Waals surface area contributed by atoms with Gasteiger partial charge in [0.2, 0.25) is 5.91 Å². The minimum atomic E-state index is -4.34. The lowest BCUT2D eigenvalue weighted by Gasteiger charge is -2.31. The molecule has 0 atom stereocenters. The molecule has 1 N–H and O–H groups in total. The predicted molar refractivity (Wildman–Crippen MR) is 101 cm³/mol. The Hall–Kier alpha value is -2.35. The van der Waals surface area contributed by atoms with Gasteiger partial charge in [-0.25, -0.2) is 0 Å². The highest BCUT2D eigenvalue weighted by molar-refractivity contribution is 7.12. The normalized spacial score (nSPS) is 15.5. The monoisotopic (exact) mass is 410 g/mol. The third-order valence-electron chi connectivity index (χ3n) is 4.88. The number of nitrogens with zero attached hydrogens (tertiary/aromatic N) is 1. The number of nitrogens with one attached hydrogen (secondary N) is 1. The second-order valence-corrected chi connectivity index (χ2v) is 7.73. The zero-order chi connectivity index (χ0) is 20.1. The molecule has 2 amide bonds. The molecular weight excluding hydrogens is 389 g/mol. The summed E-state index contributed by atoms with van der Waals surface area (Å²) in [5, 5.41) is 4.72. The third-order valence-corrected chi connectivity index (χ3v) is 5.74. The van der Waals surface area contributed by atoms with Crippen molar-refractivity contribution >= 4 is 23.2 Å². The molecule has 0 saturated carbocycles. The van der Waals surface area contributed by atoms with Crippen LogP contribution in [0.3, 0.4) is 0 Å². The van der Waals surface area contributed by atoms with Crippen LogP contribution in [0, 0.1) is 5.92 Å². The number of amides is 2. The predicted octanol–water partition coefficient (Wildman–Crippen LogP) is 3.98. The van der Waals surface area contributed by atoms with Crippen molar-refractivity contribution in [1.29, 1.82) is 0 Å². The van der Waals surface area contributed by atoms with Gasteiger partial charge >= 0.3 is 6.18 Å². The summed E-state index contributed by atoms with van der Waals surface area (Å²) in [6.45, 7) is 1.47. The Bertz CT molecular complexity index is 796. The van der Waals surface area contributed by atoms with Crippen LogP contribution in [0.1, 0.15) is 33.6 Å². The van der Waals surface area contributed by atoms with Gasteiger partial charge in [-0.2, -0.15) is 13.2 Å². The van der Waals surface area contributed by atoms with Crippen molar-refractivity contribution in [3.63, 3.8) is 0 Å². The highest BCUT2D eigenvalue weighted by Gasteiger charge is 2.30. The summed E-state index contributed by atoms with van der Waals surface area (Å²) in [6.07, 6.45) is -2.64. The summed E-state index contributed by atoms with van der Waals surface area (Å²) >= 11 is 1.41. The van der Waals surface area contributed by atoms with Crippen LogP contribution in [0.15, 0.2) is 41.8 Å². The molecule has 1 saturated heterocycles. The largest absolute Gasteiger partial charge is 0.416 e. The van der Waals surface area contributed by atoms with Crippen molar-refractivity contribution in [2.24, 2.45) is 5.92 Å². The molecule has 0 aliphatic carbocycles. The van der Waals surface area contributed by atoms with Crippen molar-refractivity contribution in [1.82, 2.24) is 10.2 Å². The third kappa shape index (κ3) is 5.13. The van der Waals surface area contributed by atoms with Gasteiger partial charge in [-0.15, -0.1) is 11.3 Å². The zero-order valence-corrected chi connectivity index (χ0v) is 16.0. The maximum atomic E-state index is 12.6. The Morgan fingerprint density at radius 1 is 1.11 bits per heavy atom. The summed E-state index contributed by atoms with van der Waals surface area (Å²) in [4.78, 5) is 27.1. The van der Waals surface area contributed by atoms with Gasteiger partial charge in [-0.05, 0) is 48.4 Å². The van der Waals surface area contributed by atoms with E-state index in [1.807, 2.05) is 11.4 Å². The van der Waals surface area contributed by atoms with E-state index in [-0.39, 0.29) is 17.7 Å². The fraction of sp³-hybridized carbons (Fsp3) is 0.400. The smallest absolute Gasteiger partial charge is 0.356 e. The van der Waals surface area contributed by atoms with E-state index in [9.17, 15) is 22.8 Å². The Kier molecular flexibility index (Phi) is 6.39. The molecule has 1 aromatic carbocycles. The average molecular weight is 410 g/mol. The first kappa shape index (κ1) is 20.4.